The summed E-state index contributed by atoms with van der Waals surface area (Å²) in [5, 5.41) is 0. The molecule has 3 aromatic heterocycles. The van der Waals surface area contributed by atoms with Gasteiger partial charge in [-0.3, -0.25) is 0 Å². The maximum absolute atomic E-state index is 4.69. The lowest BCUT2D eigenvalue weighted by atomic mass is 10.0. The summed E-state index contributed by atoms with van der Waals surface area (Å²) in [5.74, 6) is 1.48. The van der Waals surface area contributed by atoms with Crippen LogP contribution < -0.4 is 0 Å². The van der Waals surface area contributed by atoms with Crippen LogP contribution in [0, 0.1) is 0 Å². The Morgan fingerprint density at radius 1 is 0.593 bits per heavy atom. The molecule has 0 fully saturated rings. The van der Waals surface area contributed by atoms with Gasteiger partial charge in [0.15, 0.2) is 11.6 Å². The molecular weight excluding hydrogens is 336 g/mol. The highest BCUT2D eigenvalue weighted by molar-refractivity contribution is 5.87. The molecule has 0 bridgehead atoms. The summed E-state index contributed by atoms with van der Waals surface area (Å²) in [6, 6.07) is 20.4. The molecule has 0 aliphatic heterocycles. The highest BCUT2D eigenvalue weighted by Gasteiger charge is 2.11. The zero-order valence-corrected chi connectivity index (χ0v) is 14.2. The molecule has 27 heavy (non-hydrogen) atoms. The van der Waals surface area contributed by atoms with E-state index in [1.165, 1.54) is 0 Å². The first-order chi connectivity index (χ1) is 13.3. The number of para-hydroxylation sites is 2. The minimum absolute atomic E-state index is 0.738. The normalized spacial score (nSPS) is 11.7. The zero-order chi connectivity index (χ0) is 17.8. The number of H-pyrrole nitrogens is 3. The van der Waals surface area contributed by atoms with Crippen LogP contribution >= 0.6 is 0 Å². The van der Waals surface area contributed by atoms with E-state index in [4.69, 9.17) is 0 Å². The lowest BCUT2D eigenvalue weighted by Gasteiger charge is -2.01. The van der Waals surface area contributed by atoms with Gasteiger partial charge in [0, 0.05) is 0 Å². The van der Waals surface area contributed by atoms with Crippen molar-refractivity contribution >= 4 is 33.1 Å². The van der Waals surface area contributed by atoms with Crippen molar-refractivity contribution in [2.24, 2.45) is 0 Å². The van der Waals surface area contributed by atoms with E-state index in [0.717, 1.165) is 55.9 Å². The van der Waals surface area contributed by atoms with Crippen molar-refractivity contribution in [1.82, 2.24) is 29.9 Å². The van der Waals surface area contributed by atoms with Gasteiger partial charge in [-0.1, -0.05) is 24.3 Å². The zero-order valence-electron chi connectivity index (χ0n) is 14.2. The number of benzene rings is 3. The van der Waals surface area contributed by atoms with E-state index < -0.39 is 0 Å². The Labute approximate surface area is 153 Å². The van der Waals surface area contributed by atoms with Crippen LogP contribution in [-0.4, -0.2) is 29.9 Å². The van der Waals surface area contributed by atoms with Crippen molar-refractivity contribution < 1.29 is 0 Å². The average Bonchev–Trinajstić information content (AvgIpc) is 3.42. The predicted octanol–water partition coefficient (Wildman–Crippen LogP) is 4.65. The molecule has 0 saturated carbocycles. The molecule has 0 unspecified atom stereocenters. The lowest BCUT2D eigenvalue weighted by Crippen LogP contribution is -1.81. The molecule has 0 radical (unpaired) electrons. The maximum atomic E-state index is 4.69. The van der Waals surface area contributed by atoms with Gasteiger partial charge in [0.25, 0.3) is 0 Å². The molecule has 0 amide bonds. The third kappa shape index (κ3) is 2.23. The number of hydrogen-bond donors (Lipinski definition) is 3. The molecule has 3 N–H and O–H groups in total. The molecule has 6 heteroatoms. The Balaban J connectivity index is 1.46. The molecule has 0 aliphatic rings. The summed E-state index contributed by atoms with van der Waals surface area (Å²) in [6.07, 6.45) is 1.71. The minimum atomic E-state index is 0.738. The van der Waals surface area contributed by atoms with Crippen molar-refractivity contribution in [3.63, 3.8) is 0 Å². The van der Waals surface area contributed by atoms with E-state index >= 15 is 0 Å². The minimum Gasteiger partial charge on any atom is -0.345 e. The van der Waals surface area contributed by atoms with E-state index in [1.54, 1.807) is 6.33 Å². The fourth-order valence-corrected chi connectivity index (χ4v) is 3.48. The Morgan fingerprint density at radius 2 is 1.26 bits per heavy atom. The monoisotopic (exact) mass is 350 g/mol. The van der Waals surface area contributed by atoms with Crippen LogP contribution in [0.15, 0.2) is 67.0 Å². The fraction of sp³-hybridized carbons (Fsp3) is 0. The number of nitrogens with one attached hydrogen (secondary N) is 3. The Kier molecular flexibility index (Phi) is 2.79. The quantitative estimate of drug-likeness (QED) is 0.425. The molecule has 128 valence electrons. The number of imidazole rings is 3. The second kappa shape index (κ2) is 5.28. The third-order valence-electron chi connectivity index (χ3n) is 4.85. The molecule has 0 aliphatic carbocycles. The van der Waals surface area contributed by atoms with Crippen molar-refractivity contribution in [3.05, 3.63) is 67.0 Å². The van der Waals surface area contributed by atoms with Gasteiger partial charge in [0.1, 0.15) is 0 Å². The van der Waals surface area contributed by atoms with Gasteiger partial charge in [0.05, 0.1) is 39.4 Å². The third-order valence-corrected chi connectivity index (χ3v) is 4.85. The molecule has 3 aromatic carbocycles. The standard InChI is InChI=1S/C21H14N6/c1-2-4-16-15(3-1)24-20(25-16)21-26-17-8-6-13(10-19(17)27-21)12-5-7-14-18(9-12)23-11-22-14/h1-11H,(H,22,23)(H,24,25)(H,26,27). The topological polar surface area (TPSA) is 86.0 Å². The van der Waals surface area contributed by atoms with Crippen LogP contribution in [0.1, 0.15) is 0 Å². The molecule has 6 aromatic rings. The second-order valence-electron chi connectivity index (χ2n) is 6.55. The Morgan fingerprint density at radius 3 is 2.07 bits per heavy atom. The molecule has 6 rings (SSSR count). The summed E-state index contributed by atoms with van der Waals surface area (Å²) < 4.78 is 0. The molecule has 0 atom stereocenters. The first-order valence-electron chi connectivity index (χ1n) is 8.72. The maximum Gasteiger partial charge on any atom is 0.174 e. The molecule has 6 nitrogen and oxygen atoms in total. The van der Waals surface area contributed by atoms with E-state index in [0.29, 0.717) is 0 Å². The smallest absolute Gasteiger partial charge is 0.174 e. The van der Waals surface area contributed by atoms with Crippen molar-refractivity contribution in [3.8, 4) is 22.8 Å². The van der Waals surface area contributed by atoms with E-state index in [1.807, 2.05) is 36.4 Å². The van der Waals surface area contributed by atoms with Gasteiger partial charge >= 0.3 is 0 Å². The summed E-state index contributed by atoms with van der Waals surface area (Å²) in [4.78, 5) is 23.5. The van der Waals surface area contributed by atoms with E-state index in [-0.39, 0.29) is 0 Å². The summed E-state index contributed by atoms with van der Waals surface area (Å²) >= 11 is 0. The van der Waals surface area contributed by atoms with Crippen LogP contribution in [0.2, 0.25) is 0 Å². The van der Waals surface area contributed by atoms with Crippen LogP contribution in [0.5, 0.6) is 0 Å². The van der Waals surface area contributed by atoms with Crippen molar-refractivity contribution in [2.45, 2.75) is 0 Å². The molecule has 3 heterocycles. The van der Waals surface area contributed by atoms with E-state index in [9.17, 15) is 0 Å². The Hall–Kier alpha value is -3.93. The first-order valence-corrected chi connectivity index (χ1v) is 8.72. The van der Waals surface area contributed by atoms with Crippen LogP contribution in [-0.2, 0) is 0 Å². The van der Waals surface area contributed by atoms with Gasteiger partial charge in [-0.2, -0.15) is 0 Å². The predicted molar refractivity (Wildman–Crippen MR) is 106 cm³/mol. The summed E-state index contributed by atoms with van der Waals surface area (Å²) in [6.45, 7) is 0. The van der Waals surface area contributed by atoms with Crippen molar-refractivity contribution in [2.75, 3.05) is 0 Å². The number of aromatic amines is 3. The van der Waals surface area contributed by atoms with E-state index in [2.05, 4.69) is 54.2 Å². The molecule has 0 spiro atoms. The first kappa shape index (κ1) is 14.3. The van der Waals surface area contributed by atoms with Gasteiger partial charge < -0.3 is 15.0 Å². The number of rotatable bonds is 2. The van der Waals surface area contributed by atoms with Gasteiger partial charge in [-0.25, -0.2) is 15.0 Å². The number of fused-ring (bicyclic) bond motifs is 3. The van der Waals surface area contributed by atoms with Crippen LogP contribution in [0.3, 0.4) is 0 Å². The fourth-order valence-electron chi connectivity index (χ4n) is 3.48. The highest BCUT2D eigenvalue weighted by Crippen LogP contribution is 2.27. The van der Waals surface area contributed by atoms with Gasteiger partial charge in [0.2, 0.25) is 0 Å². The largest absolute Gasteiger partial charge is 0.345 e. The van der Waals surface area contributed by atoms with Crippen LogP contribution in [0.4, 0.5) is 0 Å². The number of hydrogen-bond acceptors (Lipinski definition) is 3. The molecular formula is C21H14N6. The average molecular weight is 350 g/mol. The summed E-state index contributed by atoms with van der Waals surface area (Å²) in [7, 11) is 0. The number of nitrogens with zero attached hydrogens (tertiary/aromatic N) is 3. The van der Waals surface area contributed by atoms with Gasteiger partial charge in [-0.05, 0) is 47.5 Å². The lowest BCUT2D eigenvalue weighted by molar-refractivity contribution is 1.22. The van der Waals surface area contributed by atoms with Crippen LogP contribution in [0.25, 0.3) is 55.9 Å². The highest BCUT2D eigenvalue weighted by atomic mass is 15.0. The Bertz CT molecular complexity index is 1400. The van der Waals surface area contributed by atoms with Gasteiger partial charge in [-0.15, -0.1) is 0 Å². The van der Waals surface area contributed by atoms with Crippen molar-refractivity contribution in [1.29, 1.82) is 0 Å². The second-order valence-corrected chi connectivity index (χ2v) is 6.55. The molecule has 0 saturated heterocycles. The summed E-state index contributed by atoms with van der Waals surface area (Å²) in [5.41, 5.74) is 8.08. The SMILES string of the molecule is c1ccc2[nH]c(-c3nc4ccc(-c5ccc6nc[nH]c6c5)cc4[nH]3)nc2c1. The number of aromatic nitrogens is 6.